The van der Waals surface area contributed by atoms with Gasteiger partial charge in [0, 0.05) is 94.3 Å². The molecule has 6 nitrogen and oxygen atoms in total. The first-order valence-corrected chi connectivity index (χ1v) is 48.3. The lowest BCUT2D eigenvalue weighted by molar-refractivity contribution is 0.661. The molecule has 0 N–H and O–H groups in total. The topological polar surface area (TPSA) is 34.4 Å². The van der Waals surface area contributed by atoms with E-state index in [9.17, 15) is 0 Å². The van der Waals surface area contributed by atoms with Crippen LogP contribution in [0, 0.1) is 0 Å². The Balaban J connectivity index is 0.000000108. The summed E-state index contributed by atoms with van der Waals surface area (Å²) in [5, 5.41) is 12.3. The lowest BCUT2D eigenvalue weighted by atomic mass is 9.67. The summed E-state index contributed by atoms with van der Waals surface area (Å²) in [6.07, 6.45) is 0. The fourth-order valence-electron chi connectivity index (χ4n) is 22.7. The van der Waals surface area contributed by atoms with E-state index in [0.29, 0.717) is 0 Å². The molecule has 0 atom stereocenters. The molecule has 0 fully saturated rings. The highest BCUT2D eigenvalue weighted by Gasteiger charge is 2.47. The van der Waals surface area contributed by atoms with Gasteiger partial charge in [-0.3, -0.25) is 0 Å². The predicted molar refractivity (Wildman–Crippen MR) is 588 cm³/mol. The lowest BCUT2D eigenvalue weighted by Crippen LogP contribution is -2.28. The van der Waals surface area contributed by atoms with Gasteiger partial charge in [-0.25, -0.2) is 0 Å². The Bertz CT molecular complexity index is 9170. The lowest BCUT2D eigenvalue weighted by Gasteiger charge is -2.34. The van der Waals surface area contributed by atoms with Crippen LogP contribution in [0.1, 0.15) is 47.2 Å². The van der Waals surface area contributed by atoms with Gasteiger partial charge in [-0.05, 0) is 276 Å². The zero-order chi connectivity index (χ0) is 92.9. The Labute approximate surface area is 813 Å². The van der Waals surface area contributed by atoms with E-state index in [-0.39, 0.29) is 5.41 Å². The number of rotatable bonds is 14. The number of fused-ring (bicyclic) bond motifs is 20. The summed E-state index contributed by atoms with van der Waals surface area (Å²) in [4.78, 5) is 4.64. The highest BCUT2D eigenvalue weighted by Crippen LogP contribution is 2.59. The predicted octanol–water partition coefficient (Wildman–Crippen LogP) is 36.0. The molecular weight excluding hydrogens is 1700 g/mol. The summed E-state index contributed by atoms with van der Waals surface area (Å²) >= 11 is 0. The van der Waals surface area contributed by atoms with Crippen LogP contribution >= 0.6 is 0 Å². The molecule has 140 heavy (non-hydrogen) atoms. The molecule has 0 spiro atoms. The van der Waals surface area contributed by atoms with Crippen molar-refractivity contribution in [3.05, 3.63) is 561 Å². The summed E-state index contributed by atoms with van der Waals surface area (Å²) in [6, 6.07) is 191. The van der Waals surface area contributed by atoms with Crippen LogP contribution in [0.15, 0.2) is 532 Å². The molecule has 0 radical (unpaired) electrons. The number of hydrogen-bond donors (Lipinski definition) is 0. The van der Waals surface area contributed by atoms with E-state index in [1.54, 1.807) is 0 Å². The quantitative estimate of drug-likeness (QED) is 0.109. The van der Waals surface area contributed by atoms with Crippen molar-refractivity contribution in [3.8, 4) is 72.7 Å². The van der Waals surface area contributed by atoms with E-state index >= 15 is 0 Å². The summed E-state index contributed by atoms with van der Waals surface area (Å²) in [5.41, 5.74) is 39.3. The second-order valence-electron chi connectivity index (χ2n) is 37.3. The zero-order valence-electron chi connectivity index (χ0n) is 77.4. The molecule has 4 aromatic heterocycles. The van der Waals surface area contributed by atoms with Crippen LogP contribution < -0.4 is 9.80 Å². The average molecular weight is 1790 g/mol. The Hall–Kier alpha value is -18.1. The van der Waals surface area contributed by atoms with Crippen molar-refractivity contribution in [2.24, 2.45) is 0 Å². The number of benzene rings is 22. The maximum atomic E-state index is 6.49. The molecule has 0 unspecified atom stereocenters. The van der Waals surface area contributed by atoms with Crippen molar-refractivity contribution in [1.82, 2.24) is 13.7 Å². The number of furan rings is 1. The molecule has 6 heteroatoms. The summed E-state index contributed by atoms with van der Waals surface area (Å²) < 4.78 is 13.7. The minimum absolute atomic E-state index is 0.0580. The van der Waals surface area contributed by atoms with E-state index in [1.165, 1.54) is 149 Å². The molecule has 0 amide bonds. The van der Waals surface area contributed by atoms with E-state index in [1.807, 2.05) is 12.1 Å². The Morgan fingerprint density at radius 1 is 0.200 bits per heavy atom. The third kappa shape index (κ3) is 13.8. The van der Waals surface area contributed by atoms with Gasteiger partial charge < -0.3 is 27.9 Å². The van der Waals surface area contributed by atoms with Crippen molar-refractivity contribution in [3.63, 3.8) is 0 Å². The van der Waals surface area contributed by atoms with E-state index in [0.717, 1.165) is 89.5 Å². The van der Waals surface area contributed by atoms with Crippen LogP contribution in [0.25, 0.3) is 171 Å². The molecule has 0 saturated carbocycles. The van der Waals surface area contributed by atoms with Crippen LogP contribution in [-0.2, 0) is 10.8 Å². The third-order valence-corrected chi connectivity index (χ3v) is 29.2. The Morgan fingerprint density at radius 2 is 0.550 bits per heavy atom. The number of para-hydroxylation sites is 6. The molecule has 28 rings (SSSR count). The van der Waals surface area contributed by atoms with E-state index in [2.05, 4.69) is 553 Å². The molecule has 26 aromatic rings. The smallest absolute Gasteiger partial charge is 0.145 e. The average Bonchev–Trinajstić information content (AvgIpc) is 1.52. The van der Waals surface area contributed by atoms with Crippen LogP contribution in [-0.4, -0.2) is 13.7 Å². The van der Waals surface area contributed by atoms with Gasteiger partial charge in [-0.1, -0.05) is 366 Å². The van der Waals surface area contributed by atoms with E-state index in [4.69, 9.17) is 4.42 Å². The molecule has 22 aromatic carbocycles. The van der Waals surface area contributed by atoms with Gasteiger partial charge in [-0.2, -0.15) is 0 Å². The first kappa shape index (κ1) is 82.6. The molecule has 4 heterocycles. The fourth-order valence-corrected chi connectivity index (χ4v) is 22.7. The maximum absolute atomic E-state index is 6.49. The molecule has 0 aliphatic heterocycles. The fraction of sp³-hybridized carbons (Fsp3) is 0.0299. The highest BCUT2D eigenvalue weighted by molar-refractivity contribution is 6.24. The Morgan fingerprint density at radius 3 is 1.07 bits per heavy atom. The van der Waals surface area contributed by atoms with Gasteiger partial charge in [0.1, 0.15) is 11.2 Å². The van der Waals surface area contributed by atoms with Crippen LogP contribution in [0.2, 0.25) is 0 Å². The van der Waals surface area contributed by atoms with Gasteiger partial charge >= 0.3 is 0 Å². The first-order valence-electron chi connectivity index (χ1n) is 48.3. The van der Waals surface area contributed by atoms with Crippen molar-refractivity contribution < 1.29 is 4.42 Å². The summed E-state index contributed by atoms with van der Waals surface area (Å²) in [6.45, 7) is 4.71. The second kappa shape index (κ2) is 34.1. The van der Waals surface area contributed by atoms with Gasteiger partial charge in [0.15, 0.2) is 0 Å². The monoisotopic (exact) mass is 1790 g/mol. The number of anilines is 6. The molecular formula is C134H93N5O. The minimum atomic E-state index is -0.441. The van der Waals surface area contributed by atoms with Crippen molar-refractivity contribution >= 4 is 132 Å². The normalized spacial score (nSPS) is 12.6. The zero-order valence-corrected chi connectivity index (χ0v) is 77.4. The molecule has 2 aliphatic carbocycles. The molecule has 660 valence electrons. The van der Waals surface area contributed by atoms with Crippen LogP contribution in [0.4, 0.5) is 34.1 Å². The number of aromatic nitrogens is 3. The van der Waals surface area contributed by atoms with Gasteiger partial charge in [0.2, 0.25) is 0 Å². The standard InChI is InChI=1S/C47H31N.C45H34N2.C42H28N2O/c1-3-15-36(16-4-1)47(37-17-5-2-6-18-37)43-21-11-9-19-39(43)41-30-42-40-20-10-12-22-45(40)48(46(42)31-44(41)47)38-27-25-33(26-28-38)35-24-23-32-13-7-8-14-34(32)29-35;1-45(2)41-19-11-9-17-37(41)39-29-40-38-18-10-12-20-43(38)47(44(40)30-42(39)45)36-27-25-35(26-28-36)46(33-15-7-4-8-16-33)34-23-21-32(22-24-34)31-13-5-3-6-14-31;1-3-11-29(12-4-1)30-19-21-32(22-20-30)43(31-13-5-2-6-14-31)33-23-25-34(26-24-33)44-38-17-9-7-16-37(38)41-39(44)28-27-36-35-15-8-10-18-40(35)45-42(36)41/h1-31H;3-30H,1-2H3;1-28H. The van der Waals surface area contributed by atoms with Gasteiger partial charge in [0.25, 0.3) is 0 Å². The number of nitrogens with zero attached hydrogens (tertiary/aromatic N) is 5. The highest BCUT2D eigenvalue weighted by atomic mass is 16.3. The van der Waals surface area contributed by atoms with Crippen molar-refractivity contribution in [2.75, 3.05) is 9.80 Å². The van der Waals surface area contributed by atoms with Crippen molar-refractivity contribution in [2.45, 2.75) is 24.7 Å². The molecule has 0 bridgehead atoms. The number of hydrogen-bond acceptors (Lipinski definition) is 3. The van der Waals surface area contributed by atoms with Crippen LogP contribution in [0.5, 0.6) is 0 Å². The van der Waals surface area contributed by atoms with Crippen LogP contribution in [0.3, 0.4) is 0 Å². The van der Waals surface area contributed by atoms with Crippen molar-refractivity contribution in [1.29, 1.82) is 0 Å². The summed E-state index contributed by atoms with van der Waals surface area (Å²) in [5.74, 6) is 0. The largest absolute Gasteiger partial charge is 0.455 e. The second-order valence-corrected chi connectivity index (χ2v) is 37.3. The van der Waals surface area contributed by atoms with E-state index < -0.39 is 5.41 Å². The minimum Gasteiger partial charge on any atom is -0.455 e. The third-order valence-electron chi connectivity index (χ3n) is 29.2. The Kier molecular flexibility index (Phi) is 20.1. The summed E-state index contributed by atoms with van der Waals surface area (Å²) in [7, 11) is 0. The maximum Gasteiger partial charge on any atom is 0.145 e. The SMILES string of the molecule is CC1(C)c2ccccc2-c2cc3c4ccccc4n(-c4ccc(N(c5ccccc5)c5ccc(-c6ccccc6)cc5)cc4)c3cc21.c1ccc(-c2ccc(N(c3ccccc3)c3ccc(-n4c5ccccc5c5c6oc7ccccc7c6ccc54)cc3)cc2)cc1.c1ccc(C2(c3ccccc3)c3ccccc3-c3cc4c5ccccc5n(-c5ccc(-c6ccc7ccccc7c6)cc5)c4cc32)cc1. The molecule has 0 saturated heterocycles. The molecule has 2 aliphatic rings. The first-order chi connectivity index (χ1) is 69.2. The van der Waals surface area contributed by atoms with Gasteiger partial charge in [-0.15, -0.1) is 0 Å². The van der Waals surface area contributed by atoms with Gasteiger partial charge in [0.05, 0.1) is 43.9 Å².